The summed E-state index contributed by atoms with van der Waals surface area (Å²) in [6.07, 6.45) is 4.38. The van der Waals surface area contributed by atoms with E-state index in [0.717, 1.165) is 48.8 Å². The maximum absolute atomic E-state index is 12.8. The Balaban J connectivity index is 1.12. The van der Waals surface area contributed by atoms with Crippen LogP contribution in [-0.4, -0.2) is 49.8 Å². The molecule has 1 N–H and O–H groups in total. The number of hydrogen-bond donors (Lipinski definition) is 1. The van der Waals surface area contributed by atoms with Crippen LogP contribution >= 0.6 is 0 Å². The van der Waals surface area contributed by atoms with E-state index in [1.165, 1.54) is 0 Å². The van der Waals surface area contributed by atoms with E-state index in [1.54, 1.807) is 28.6 Å². The van der Waals surface area contributed by atoms with Gasteiger partial charge in [-0.2, -0.15) is 9.29 Å². The zero-order chi connectivity index (χ0) is 23.5. The number of oxazole rings is 1. The van der Waals surface area contributed by atoms with Crippen LogP contribution in [0.5, 0.6) is 0 Å². The molecule has 3 aromatic rings. The van der Waals surface area contributed by atoms with E-state index < -0.39 is 10.0 Å². The first-order chi connectivity index (χ1) is 16.5. The number of aromatic nitrogens is 1. The fourth-order valence-electron chi connectivity index (χ4n) is 4.70. The fraction of sp³-hybridized carbons (Fsp3) is 0.440. The Labute approximate surface area is 200 Å². The summed E-state index contributed by atoms with van der Waals surface area (Å²) in [4.78, 5) is 19.7. The Bertz CT molecular complexity index is 1210. The molecular weight excluding hydrogens is 452 g/mol. The number of carbonyl (C=O) groups excluding carboxylic acids is 1. The van der Waals surface area contributed by atoms with Gasteiger partial charge in [0.1, 0.15) is 5.52 Å². The zero-order valence-electron chi connectivity index (χ0n) is 19.2. The average molecular weight is 483 g/mol. The van der Waals surface area contributed by atoms with Crippen molar-refractivity contribution in [3.8, 4) is 0 Å². The largest absolute Gasteiger partial charge is 0.423 e. The highest BCUT2D eigenvalue weighted by Crippen LogP contribution is 2.26. The van der Waals surface area contributed by atoms with Crippen molar-refractivity contribution in [1.29, 1.82) is 0 Å². The lowest BCUT2D eigenvalue weighted by molar-refractivity contribution is -0.125. The Morgan fingerprint density at radius 1 is 0.971 bits per heavy atom. The summed E-state index contributed by atoms with van der Waals surface area (Å²) in [5.74, 6) is -0.0263. The van der Waals surface area contributed by atoms with E-state index in [1.807, 2.05) is 24.3 Å². The van der Waals surface area contributed by atoms with Gasteiger partial charge in [-0.15, -0.1) is 0 Å². The van der Waals surface area contributed by atoms with Gasteiger partial charge < -0.3 is 14.6 Å². The van der Waals surface area contributed by atoms with Crippen molar-refractivity contribution in [3.05, 3.63) is 54.1 Å². The Morgan fingerprint density at radius 3 is 2.38 bits per heavy atom. The predicted molar refractivity (Wildman–Crippen MR) is 130 cm³/mol. The van der Waals surface area contributed by atoms with Crippen molar-refractivity contribution in [1.82, 2.24) is 14.6 Å². The molecule has 0 atom stereocenters. The Kier molecular flexibility index (Phi) is 6.56. The summed E-state index contributed by atoms with van der Waals surface area (Å²) < 4.78 is 33.0. The van der Waals surface area contributed by atoms with E-state index in [9.17, 15) is 13.2 Å². The number of benzene rings is 2. The average Bonchev–Trinajstić information content (AvgIpc) is 3.32. The SMILES string of the molecule is O=C(NCc1ccc(S(=O)(=O)N2CCCCC2)cc1)C1CCN(c2nc3ccccc3o2)CC1. The number of nitrogens with zero attached hydrogens (tertiary/aromatic N) is 3. The van der Waals surface area contributed by atoms with Crippen LogP contribution in [0.3, 0.4) is 0 Å². The second-order valence-corrected chi connectivity index (χ2v) is 11.0. The molecule has 0 aliphatic carbocycles. The van der Waals surface area contributed by atoms with Gasteiger partial charge in [-0.3, -0.25) is 4.79 Å². The molecule has 0 bridgehead atoms. The molecule has 2 fully saturated rings. The minimum atomic E-state index is -3.44. The molecule has 2 aliphatic heterocycles. The van der Waals surface area contributed by atoms with E-state index in [2.05, 4.69) is 15.2 Å². The number of rotatable bonds is 6. The molecule has 9 heteroatoms. The van der Waals surface area contributed by atoms with Gasteiger partial charge in [0.25, 0.3) is 6.01 Å². The molecule has 34 heavy (non-hydrogen) atoms. The normalized spacial score (nSPS) is 18.3. The Hall–Kier alpha value is -2.91. The van der Waals surface area contributed by atoms with Crippen LogP contribution in [0.4, 0.5) is 6.01 Å². The van der Waals surface area contributed by atoms with Crippen molar-refractivity contribution in [2.75, 3.05) is 31.1 Å². The van der Waals surface area contributed by atoms with Gasteiger partial charge in [-0.25, -0.2) is 8.42 Å². The quantitative estimate of drug-likeness (QED) is 0.577. The van der Waals surface area contributed by atoms with Gasteiger partial charge in [-0.05, 0) is 55.5 Å². The summed E-state index contributed by atoms with van der Waals surface area (Å²) in [6, 6.07) is 15.2. The molecule has 0 radical (unpaired) electrons. The number of hydrogen-bond acceptors (Lipinski definition) is 6. The monoisotopic (exact) mass is 482 g/mol. The molecule has 5 rings (SSSR count). The Morgan fingerprint density at radius 2 is 1.68 bits per heavy atom. The topological polar surface area (TPSA) is 95.8 Å². The second kappa shape index (κ2) is 9.76. The first-order valence-electron chi connectivity index (χ1n) is 12.0. The van der Waals surface area contributed by atoms with Crippen molar-refractivity contribution < 1.29 is 17.6 Å². The highest BCUT2D eigenvalue weighted by Gasteiger charge is 2.28. The van der Waals surface area contributed by atoms with E-state index in [0.29, 0.717) is 43.6 Å². The van der Waals surface area contributed by atoms with Crippen LogP contribution in [0.1, 0.15) is 37.7 Å². The molecule has 2 saturated heterocycles. The first kappa shape index (κ1) is 22.9. The summed E-state index contributed by atoms with van der Waals surface area (Å²) >= 11 is 0. The lowest BCUT2D eigenvalue weighted by Gasteiger charge is -2.30. The van der Waals surface area contributed by atoms with Gasteiger partial charge in [0, 0.05) is 38.6 Å². The highest BCUT2D eigenvalue weighted by molar-refractivity contribution is 7.89. The number of amides is 1. The fourth-order valence-corrected chi connectivity index (χ4v) is 6.21. The van der Waals surface area contributed by atoms with Gasteiger partial charge in [-0.1, -0.05) is 30.7 Å². The van der Waals surface area contributed by atoms with Crippen LogP contribution in [-0.2, 0) is 21.4 Å². The minimum absolute atomic E-state index is 0.0298. The van der Waals surface area contributed by atoms with Crippen molar-refractivity contribution in [2.45, 2.75) is 43.5 Å². The van der Waals surface area contributed by atoms with Crippen LogP contribution in [0, 0.1) is 5.92 Å². The maximum atomic E-state index is 12.8. The number of para-hydroxylation sites is 2. The molecule has 0 saturated carbocycles. The summed E-state index contributed by atoms with van der Waals surface area (Å²) in [5.41, 5.74) is 2.49. The number of fused-ring (bicyclic) bond motifs is 1. The van der Waals surface area contributed by atoms with Gasteiger partial charge in [0.2, 0.25) is 15.9 Å². The third-order valence-corrected chi connectivity index (χ3v) is 8.67. The van der Waals surface area contributed by atoms with E-state index in [4.69, 9.17) is 4.42 Å². The molecule has 3 heterocycles. The first-order valence-corrected chi connectivity index (χ1v) is 13.4. The summed E-state index contributed by atoms with van der Waals surface area (Å²) in [5, 5.41) is 3.01. The lowest BCUT2D eigenvalue weighted by Crippen LogP contribution is -2.40. The summed E-state index contributed by atoms with van der Waals surface area (Å²) in [6.45, 7) is 2.99. The third-order valence-electron chi connectivity index (χ3n) is 6.76. The maximum Gasteiger partial charge on any atom is 0.298 e. The molecule has 1 amide bonds. The summed E-state index contributed by atoms with van der Waals surface area (Å²) in [7, 11) is -3.44. The zero-order valence-corrected chi connectivity index (χ0v) is 20.0. The van der Waals surface area contributed by atoms with Crippen molar-refractivity contribution in [3.63, 3.8) is 0 Å². The molecule has 2 aliphatic rings. The van der Waals surface area contributed by atoms with E-state index >= 15 is 0 Å². The van der Waals surface area contributed by atoms with Gasteiger partial charge in [0.15, 0.2) is 5.58 Å². The molecule has 2 aromatic carbocycles. The molecule has 180 valence electrons. The minimum Gasteiger partial charge on any atom is -0.423 e. The lowest BCUT2D eigenvalue weighted by atomic mass is 9.96. The van der Waals surface area contributed by atoms with Crippen LogP contribution in [0.15, 0.2) is 57.8 Å². The van der Waals surface area contributed by atoms with E-state index in [-0.39, 0.29) is 11.8 Å². The number of sulfonamides is 1. The van der Waals surface area contributed by atoms with Gasteiger partial charge in [0.05, 0.1) is 4.90 Å². The number of nitrogens with one attached hydrogen (secondary N) is 1. The molecule has 0 spiro atoms. The molecular formula is C25H30N4O4S. The number of piperidine rings is 2. The van der Waals surface area contributed by atoms with Crippen molar-refractivity contribution >= 4 is 33.0 Å². The van der Waals surface area contributed by atoms with Crippen LogP contribution < -0.4 is 10.2 Å². The standard InChI is InChI=1S/C25H30N4O4S/c30-24(20-12-16-28(17-13-20)25-27-22-6-2-3-7-23(22)33-25)26-18-19-8-10-21(11-9-19)34(31,32)29-14-4-1-5-15-29/h2-3,6-11,20H,1,4-5,12-18H2,(H,26,30). The number of carbonyl (C=O) groups is 1. The smallest absolute Gasteiger partial charge is 0.298 e. The van der Waals surface area contributed by atoms with Crippen molar-refractivity contribution in [2.24, 2.45) is 5.92 Å². The second-order valence-electron chi connectivity index (χ2n) is 9.05. The van der Waals surface area contributed by atoms with Crippen LogP contribution in [0.2, 0.25) is 0 Å². The molecule has 8 nitrogen and oxygen atoms in total. The third kappa shape index (κ3) is 4.81. The highest BCUT2D eigenvalue weighted by atomic mass is 32.2. The predicted octanol–water partition coefficient (Wildman–Crippen LogP) is 3.54. The molecule has 0 unspecified atom stereocenters. The molecule has 1 aromatic heterocycles. The number of anilines is 1. The van der Waals surface area contributed by atoms with Gasteiger partial charge >= 0.3 is 0 Å². The van der Waals surface area contributed by atoms with Crippen LogP contribution in [0.25, 0.3) is 11.1 Å².